The number of nitrogens with two attached hydrogens (primary N) is 1. The highest BCUT2D eigenvalue weighted by atomic mass is 19.4. The first-order valence-electron chi connectivity index (χ1n) is 6.30. The maximum Gasteiger partial charge on any atom is 0.407 e. The molecule has 2 aromatic carbocycles. The van der Waals surface area contributed by atoms with E-state index >= 15 is 0 Å². The summed E-state index contributed by atoms with van der Waals surface area (Å²) < 4.78 is 44.1. The van der Waals surface area contributed by atoms with Crippen molar-refractivity contribution >= 4 is 10.8 Å². The molecule has 1 atom stereocenters. The van der Waals surface area contributed by atoms with Crippen molar-refractivity contribution in [3.63, 3.8) is 0 Å². The minimum Gasteiger partial charge on any atom is -0.491 e. The molecule has 0 amide bonds. The van der Waals surface area contributed by atoms with E-state index < -0.39 is 12.2 Å². The normalized spacial score (nSPS) is 13.8. The molecule has 0 aliphatic rings. The molecule has 20 heavy (non-hydrogen) atoms. The number of alkyl halides is 3. The highest BCUT2D eigenvalue weighted by Gasteiger charge is 2.39. The Hall–Kier alpha value is -1.75. The van der Waals surface area contributed by atoms with Crippen molar-refractivity contribution in [2.75, 3.05) is 0 Å². The number of fused-ring (bicyclic) bond motifs is 1. The number of hydrogen-bond acceptors (Lipinski definition) is 2. The highest BCUT2D eigenvalue weighted by molar-refractivity contribution is 5.85. The molecule has 0 aliphatic carbocycles. The SMILES string of the molecule is CC(C)Oc1cc2ccccc2cc1[C@H](N)C(F)(F)F. The van der Waals surface area contributed by atoms with Crippen molar-refractivity contribution in [3.8, 4) is 5.75 Å². The Morgan fingerprint density at radius 1 is 1.05 bits per heavy atom. The van der Waals surface area contributed by atoms with Gasteiger partial charge in [-0.1, -0.05) is 24.3 Å². The number of hydrogen-bond donors (Lipinski definition) is 1. The van der Waals surface area contributed by atoms with Crippen molar-refractivity contribution in [3.05, 3.63) is 42.0 Å². The molecule has 108 valence electrons. The maximum absolute atomic E-state index is 12.9. The second-order valence-electron chi connectivity index (χ2n) is 4.92. The summed E-state index contributed by atoms with van der Waals surface area (Å²) >= 11 is 0. The average molecular weight is 283 g/mol. The minimum absolute atomic E-state index is 0.0371. The monoisotopic (exact) mass is 283 g/mol. The van der Waals surface area contributed by atoms with Gasteiger partial charge in [0.05, 0.1) is 6.10 Å². The third kappa shape index (κ3) is 3.04. The summed E-state index contributed by atoms with van der Waals surface area (Å²) in [6.07, 6.45) is -4.73. The van der Waals surface area contributed by atoms with Crippen LogP contribution >= 0.6 is 0 Å². The van der Waals surface area contributed by atoms with Gasteiger partial charge in [0.2, 0.25) is 0 Å². The lowest BCUT2D eigenvalue weighted by atomic mass is 10.0. The van der Waals surface area contributed by atoms with Crippen LogP contribution in [0, 0.1) is 0 Å². The molecule has 0 aliphatic heterocycles. The van der Waals surface area contributed by atoms with Gasteiger partial charge in [0.15, 0.2) is 0 Å². The molecule has 0 saturated carbocycles. The molecule has 0 unspecified atom stereocenters. The van der Waals surface area contributed by atoms with E-state index in [1.54, 1.807) is 32.0 Å². The molecule has 0 spiro atoms. The minimum atomic E-state index is -4.50. The van der Waals surface area contributed by atoms with E-state index in [9.17, 15) is 13.2 Å². The lowest BCUT2D eigenvalue weighted by Gasteiger charge is -2.21. The number of ether oxygens (including phenoxy) is 1. The van der Waals surface area contributed by atoms with Crippen LogP contribution in [0.1, 0.15) is 25.5 Å². The quantitative estimate of drug-likeness (QED) is 0.916. The topological polar surface area (TPSA) is 35.2 Å². The van der Waals surface area contributed by atoms with Crippen molar-refractivity contribution in [1.82, 2.24) is 0 Å². The maximum atomic E-state index is 12.9. The van der Waals surface area contributed by atoms with Crippen LogP contribution < -0.4 is 10.5 Å². The zero-order chi connectivity index (χ0) is 14.9. The number of halogens is 3. The van der Waals surface area contributed by atoms with Crippen molar-refractivity contribution < 1.29 is 17.9 Å². The zero-order valence-corrected chi connectivity index (χ0v) is 11.2. The Morgan fingerprint density at radius 3 is 2.10 bits per heavy atom. The van der Waals surface area contributed by atoms with Crippen molar-refractivity contribution in [2.45, 2.75) is 32.2 Å². The molecular weight excluding hydrogens is 267 g/mol. The largest absolute Gasteiger partial charge is 0.491 e. The fraction of sp³-hybridized carbons (Fsp3) is 0.333. The predicted octanol–water partition coefficient (Wildman–Crippen LogP) is 4.19. The van der Waals surface area contributed by atoms with Gasteiger partial charge >= 0.3 is 6.18 Å². The van der Waals surface area contributed by atoms with Crippen LogP contribution in [-0.4, -0.2) is 12.3 Å². The van der Waals surface area contributed by atoms with E-state index in [0.29, 0.717) is 5.39 Å². The molecule has 2 aromatic rings. The van der Waals surface area contributed by atoms with E-state index in [2.05, 4.69) is 0 Å². The average Bonchev–Trinajstić information content (AvgIpc) is 2.35. The van der Waals surface area contributed by atoms with Crippen LogP contribution in [0.3, 0.4) is 0 Å². The summed E-state index contributed by atoms with van der Waals surface area (Å²) in [5, 5.41) is 1.53. The molecular formula is C15H16F3NO. The van der Waals surface area contributed by atoms with Crippen molar-refractivity contribution in [2.24, 2.45) is 5.73 Å². The van der Waals surface area contributed by atoms with Gasteiger partial charge in [-0.2, -0.15) is 13.2 Å². The van der Waals surface area contributed by atoms with Gasteiger partial charge in [0.25, 0.3) is 0 Å². The Labute approximate surface area is 115 Å². The van der Waals surface area contributed by atoms with E-state index in [1.807, 2.05) is 12.1 Å². The standard InChI is InChI=1S/C15H16F3NO/c1-9(2)20-13-8-11-6-4-3-5-10(11)7-12(13)14(19)15(16,17)18/h3-9,14H,19H2,1-2H3/t14-/m0/s1. The summed E-state index contributed by atoms with van der Waals surface area (Å²) in [7, 11) is 0. The van der Waals surface area contributed by atoms with Gasteiger partial charge in [-0.05, 0) is 36.8 Å². The summed E-state index contributed by atoms with van der Waals surface area (Å²) in [6, 6.07) is 8.17. The van der Waals surface area contributed by atoms with Crippen LogP contribution in [0.25, 0.3) is 10.8 Å². The summed E-state index contributed by atoms with van der Waals surface area (Å²) in [6.45, 7) is 3.52. The van der Waals surface area contributed by atoms with Gasteiger partial charge in [-0.25, -0.2) is 0 Å². The molecule has 0 aromatic heterocycles. The van der Waals surface area contributed by atoms with Crippen LogP contribution in [0.15, 0.2) is 36.4 Å². The molecule has 0 radical (unpaired) electrons. The third-order valence-corrected chi connectivity index (χ3v) is 2.93. The Bertz CT molecular complexity index is 608. The molecule has 5 heteroatoms. The van der Waals surface area contributed by atoms with Gasteiger partial charge in [-0.15, -0.1) is 0 Å². The number of rotatable bonds is 3. The van der Waals surface area contributed by atoms with E-state index in [1.165, 1.54) is 6.07 Å². The van der Waals surface area contributed by atoms with Gasteiger partial charge in [0, 0.05) is 5.56 Å². The highest BCUT2D eigenvalue weighted by Crippen LogP contribution is 2.38. The molecule has 0 saturated heterocycles. The predicted molar refractivity (Wildman–Crippen MR) is 72.7 cm³/mol. The van der Waals surface area contributed by atoms with E-state index in [0.717, 1.165) is 5.39 Å². The fourth-order valence-electron chi connectivity index (χ4n) is 2.01. The third-order valence-electron chi connectivity index (χ3n) is 2.93. The van der Waals surface area contributed by atoms with Crippen LogP contribution in [-0.2, 0) is 0 Å². The second kappa shape index (κ2) is 5.32. The zero-order valence-electron chi connectivity index (χ0n) is 11.2. The smallest absolute Gasteiger partial charge is 0.407 e. The van der Waals surface area contributed by atoms with Gasteiger partial charge in [-0.3, -0.25) is 0 Å². The molecule has 0 bridgehead atoms. The van der Waals surface area contributed by atoms with E-state index in [4.69, 9.17) is 10.5 Å². The van der Waals surface area contributed by atoms with Crippen LogP contribution in [0.2, 0.25) is 0 Å². The Balaban J connectivity index is 2.59. The summed E-state index contributed by atoms with van der Waals surface area (Å²) in [4.78, 5) is 0. The molecule has 2 nitrogen and oxygen atoms in total. The molecule has 0 heterocycles. The summed E-state index contributed by atoms with van der Waals surface area (Å²) in [5.74, 6) is 0.184. The van der Waals surface area contributed by atoms with E-state index in [-0.39, 0.29) is 17.4 Å². The first-order valence-corrected chi connectivity index (χ1v) is 6.30. The lowest BCUT2D eigenvalue weighted by Crippen LogP contribution is -2.29. The Kier molecular flexibility index (Phi) is 3.90. The van der Waals surface area contributed by atoms with Gasteiger partial charge < -0.3 is 10.5 Å². The lowest BCUT2D eigenvalue weighted by molar-refractivity contribution is -0.149. The summed E-state index contributed by atoms with van der Waals surface area (Å²) in [5.41, 5.74) is 5.30. The van der Waals surface area contributed by atoms with Crippen LogP contribution in [0.5, 0.6) is 5.75 Å². The van der Waals surface area contributed by atoms with Crippen molar-refractivity contribution in [1.29, 1.82) is 0 Å². The molecule has 2 rings (SSSR count). The first kappa shape index (κ1) is 14.7. The van der Waals surface area contributed by atoms with Gasteiger partial charge in [0.1, 0.15) is 11.8 Å². The Morgan fingerprint density at radius 2 is 1.60 bits per heavy atom. The second-order valence-corrected chi connectivity index (χ2v) is 4.92. The van der Waals surface area contributed by atoms with Crippen LogP contribution in [0.4, 0.5) is 13.2 Å². The molecule has 2 N–H and O–H groups in total. The number of benzene rings is 2. The fourth-order valence-corrected chi connectivity index (χ4v) is 2.01. The first-order chi connectivity index (χ1) is 9.29. The molecule has 0 fully saturated rings.